The minimum atomic E-state index is -4.28. The Morgan fingerprint density at radius 2 is 1.94 bits per heavy atom. The lowest BCUT2D eigenvalue weighted by Gasteiger charge is -2.11. The molecule has 0 aliphatic carbocycles. The van der Waals surface area contributed by atoms with Gasteiger partial charge in [0.15, 0.2) is 0 Å². The highest BCUT2D eigenvalue weighted by molar-refractivity contribution is 5.36. The summed E-state index contributed by atoms with van der Waals surface area (Å²) in [5, 5.41) is 2.73. The number of nitrogens with one attached hydrogen (secondary N) is 1. The lowest BCUT2D eigenvalue weighted by atomic mass is 10.1. The number of aromatic nitrogens is 2. The van der Waals surface area contributed by atoms with Crippen molar-refractivity contribution in [2.45, 2.75) is 32.4 Å². The van der Waals surface area contributed by atoms with Gasteiger partial charge < -0.3 is 5.32 Å². The maximum atomic E-state index is 12.2. The Morgan fingerprint density at radius 1 is 1.31 bits per heavy atom. The Hall–Kier alpha value is -1.33. The van der Waals surface area contributed by atoms with Crippen molar-refractivity contribution in [3.05, 3.63) is 17.6 Å². The van der Waals surface area contributed by atoms with Gasteiger partial charge in [-0.2, -0.15) is 13.2 Å². The van der Waals surface area contributed by atoms with Crippen LogP contribution in [0.4, 0.5) is 19.0 Å². The van der Waals surface area contributed by atoms with Gasteiger partial charge in [-0.15, -0.1) is 0 Å². The molecule has 0 spiro atoms. The van der Waals surface area contributed by atoms with Gasteiger partial charge in [0.1, 0.15) is 18.1 Å². The Morgan fingerprint density at radius 3 is 2.38 bits per heavy atom. The molecule has 6 heteroatoms. The van der Waals surface area contributed by atoms with Crippen LogP contribution in [0.15, 0.2) is 6.07 Å². The van der Waals surface area contributed by atoms with Crippen molar-refractivity contribution in [3.63, 3.8) is 0 Å². The van der Waals surface area contributed by atoms with Crippen LogP contribution in [0, 0.1) is 0 Å². The summed E-state index contributed by atoms with van der Waals surface area (Å²) < 4.78 is 36.6. The first kappa shape index (κ1) is 12.7. The molecule has 0 aliphatic heterocycles. The fourth-order valence-electron chi connectivity index (χ4n) is 1.20. The van der Waals surface area contributed by atoms with Crippen LogP contribution in [0.25, 0.3) is 0 Å². The highest BCUT2D eigenvalue weighted by atomic mass is 19.4. The number of nitrogens with zero attached hydrogens (tertiary/aromatic N) is 2. The highest BCUT2D eigenvalue weighted by Crippen LogP contribution is 2.22. The molecule has 90 valence electrons. The average molecular weight is 233 g/mol. The predicted molar refractivity (Wildman–Crippen MR) is 55.4 cm³/mol. The molecule has 0 aromatic carbocycles. The minimum absolute atomic E-state index is 0.0714. The van der Waals surface area contributed by atoms with E-state index in [0.717, 1.165) is 0 Å². The van der Waals surface area contributed by atoms with Crippen LogP contribution in [-0.2, 0) is 6.42 Å². The molecule has 1 N–H and O–H groups in total. The van der Waals surface area contributed by atoms with E-state index in [0.29, 0.717) is 11.5 Å². The Bertz CT molecular complexity index is 361. The first-order chi connectivity index (χ1) is 7.31. The van der Waals surface area contributed by atoms with E-state index in [-0.39, 0.29) is 11.7 Å². The molecule has 0 aliphatic rings. The van der Waals surface area contributed by atoms with Crippen molar-refractivity contribution >= 4 is 5.82 Å². The molecule has 0 fully saturated rings. The van der Waals surface area contributed by atoms with Crippen LogP contribution >= 0.6 is 0 Å². The molecule has 0 saturated carbocycles. The maximum absolute atomic E-state index is 12.2. The lowest BCUT2D eigenvalue weighted by Crippen LogP contribution is -2.16. The zero-order valence-electron chi connectivity index (χ0n) is 9.39. The third-order valence-electron chi connectivity index (χ3n) is 2.00. The summed E-state index contributed by atoms with van der Waals surface area (Å²) >= 11 is 0. The Kier molecular flexibility index (Phi) is 3.72. The number of hydrogen-bond acceptors (Lipinski definition) is 3. The first-order valence-corrected chi connectivity index (χ1v) is 4.94. The monoisotopic (exact) mass is 233 g/mol. The van der Waals surface area contributed by atoms with Gasteiger partial charge in [0.25, 0.3) is 0 Å². The summed E-state index contributed by atoms with van der Waals surface area (Å²) in [6, 6.07) is 1.66. The average Bonchev–Trinajstić information content (AvgIpc) is 2.14. The SMILES string of the molecule is CNc1cc(C(C)C)nc(CC(F)(F)F)n1. The summed E-state index contributed by atoms with van der Waals surface area (Å²) in [5.74, 6) is 0.295. The topological polar surface area (TPSA) is 37.8 Å². The molecular formula is C10H14F3N3. The third-order valence-corrected chi connectivity index (χ3v) is 2.00. The number of halogens is 3. The van der Waals surface area contributed by atoms with E-state index in [9.17, 15) is 13.2 Å². The minimum Gasteiger partial charge on any atom is -0.373 e. The second-order valence-corrected chi connectivity index (χ2v) is 3.79. The predicted octanol–water partition coefficient (Wildman–Crippen LogP) is 2.75. The first-order valence-electron chi connectivity index (χ1n) is 4.94. The van der Waals surface area contributed by atoms with Crippen molar-refractivity contribution in [3.8, 4) is 0 Å². The van der Waals surface area contributed by atoms with E-state index in [1.165, 1.54) is 0 Å². The Labute approximate surface area is 92.1 Å². The van der Waals surface area contributed by atoms with Gasteiger partial charge in [0.2, 0.25) is 0 Å². The maximum Gasteiger partial charge on any atom is 0.396 e. The van der Waals surface area contributed by atoms with Gasteiger partial charge in [0.05, 0.1) is 0 Å². The van der Waals surface area contributed by atoms with Gasteiger partial charge in [-0.25, -0.2) is 9.97 Å². The van der Waals surface area contributed by atoms with E-state index in [1.54, 1.807) is 13.1 Å². The van der Waals surface area contributed by atoms with Crippen LogP contribution in [0.5, 0.6) is 0 Å². The van der Waals surface area contributed by atoms with Crippen LogP contribution < -0.4 is 5.32 Å². The number of anilines is 1. The van der Waals surface area contributed by atoms with E-state index in [2.05, 4.69) is 15.3 Å². The van der Waals surface area contributed by atoms with Crippen LogP contribution in [0.1, 0.15) is 31.3 Å². The fraction of sp³-hybridized carbons (Fsp3) is 0.600. The van der Waals surface area contributed by atoms with Crippen molar-refractivity contribution in [1.29, 1.82) is 0 Å². The molecule has 0 bridgehead atoms. The van der Waals surface area contributed by atoms with Crippen molar-refractivity contribution in [1.82, 2.24) is 9.97 Å². The molecule has 0 amide bonds. The van der Waals surface area contributed by atoms with Gasteiger partial charge in [-0.3, -0.25) is 0 Å². The molecule has 16 heavy (non-hydrogen) atoms. The van der Waals surface area contributed by atoms with Crippen LogP contribution in [0.3, 0.4) is 0 Å². The normalized spacial score (nSPS) is 11.9. The van der Waals surface area contributed by atoms with Crippen molar-refractivity contribution < 1.29 is 13.2 Å². The number of rotatable bonds is 3. The molecule has 0 unspecified atom stereocenters. The fourth-order valence-corrected chi connectivity index (χ4v) is 1.20. The van der Waals surface area contributed by atoms with E-state index in [1.807, 2.05) is 13.8 Å². The second kappa shape index (κ2) is 4.67. The summed E-state index contributed by atoms with van der Waals surface area (Å²) in [7, 11) is 1.61. The summed E-state index contributed by atoms with van der Waals surface area (Å²) in [6.45, 7) is 3.75. The van der Waals surface area contributed by atoms with Crippen LogP contribution in [-0.4, -0.2) is 23.2 Å². The van der Waals surface area contributed by atoms with E-state index >= 15 is 0 Å². The van der Waals surface area contributed by atoms with E-state index in [4.69, 9.17) is 0 Å². The molecule has 1 heterocycles. The second-order valence-electron chi connectivity index (χ2n) is 3.79. The van der Waals surface area contributed by atoms with Gasteiger partial charge in [-0.05, 0) is 5.92 Å². The van der Waals surface area contributed by atoms with E-state index < -0.39 is 12.6 Å². The largest absolute Gasteiger partial charge is 0.396 e. The molecule has 1 aromatic rings. The molecule has 0 radical (unpaired) electrons. The zero-order valence-corrected chi connectivity index (χ0v) is 9.39. The molecule has 1 rings (SSSR count). The quantitative estimate of drug-likeness (QED) is 0.872. The zero-order chi connectivity index (χ0) is 12.3. The third kappa shape index (κ3) is 3.67. The molecule has 3 nitrogen and oxygen atoms in total. The van der Waals surface area contributed by atoms with Gasteiger partial charge >= 0.3 is 6.18 Å². The lowest BCUT2D eigenvalue weighted by molar-refractivity contribution is -0.128. The molecule has 1 aromatic heterocycles. The van der Waals surface area contributed by atoms with Crippen molar-refractivity contribution in [2.75, 3.05) is 12.4 Å². The highest BCUT2D eigenvalue weighted by Gasteiger charge is 2.29. The van der Waals surface area contributed by atoms with Gasteiger partial charge in [-0.1, -0.05) is 13.8 Å². The number of alkyl halides is 3. The molecular weight excluding hydrogens is 219 g/mol. The summed E-state index contributed by atoms with van der Waals surface area (Å²) in [6.07, 6.45) is -5.37. The van der Waals surface area contributed by atoms with Gasteiger partial charge in [0, 0.05) is 18.8 Å². The standard InChI is InChI=1S/C10H14F3N3/c1-6(2)7-4-8(14-3)16-9(15-7)5-10(11,12)13/h4,6H,5H2,1-3H3,(H,14,15,16). The Balaban J connectivity index is 3.04. The summed E-state index contributed by atoms with van der Waals surface area (Å²) in [5.41, 5.74) is 0.610. The van der Waals surface area contributed by atoms with Crippen LogP contribution in [0.2, 0.25) is 0 Å². The smallest absolute Gasteiger partial charge is 0.373 e. The summed E-state index contributed by atoms with van der Waals surface area (Å²) in [4.78, 5) is 7.67. The van der Waals surface area contributed by atoms with Crippen molar-refractivity contribution in [2.24, 2.45) is 0 Å². The molecule has 0 saturated heterocycles. The number of hydrogen-bond donors (Lipinski definition) is 1. The molecule has 0 atom stereocenters.